The van der Waals surface area contributed by atoms with Crippen LogP contribution in [0.2, 0.25) is 0 Å². The number of nitrogens with zero attached hydrogens (tertiary/aromatic N) is 1. The molecule has 0 saturated heterocycles. The molecule has 0 spiro atoms. The highest BCUT2D eigenvalue weighted by atomic mass is 32.2. The lowest BCUT2D eigenvalue weighted by atomic mass is 10.2. The van der Waals surface area contributed by atoms with E-state index in [0.29, 0.717) is 5.82 Å². The molecule has 17 heavy (non-hydrogen) atoms. The molecule has 2 aromatic rings. The van der Waals surface area contributed by atoms with Crippen LogP contribution in [-0.2, 0) is 0 Å². The number of benzene rings is 1. The van der Waals surface area contributed by atoms with E-state index in [1.165, 1.54) is 11.1 Å². The Morgan fingerprint density at radius 1 is 1.41 bits per heavy atom. The number of carboxylic acid groups (broad SMARTS) is 1. The monoisotopic (exact) mass is 248 g/mol. The number of carbonyl (C=O) groups is 1. The maximum Gasteiger partial charge on any atom is 0.353 e. The fraction of sp³-hybridized carbons (Fsp3) is 0.167. The summed E-state index contributed by atoms with van der Waals surface area (Å²) in [5.41, 5.74) is 0.991. The summed E-state index contributed by atoms with van der Waals surface area (Å²) in [5, 5.41) is 8.78. The fourth-order valence-electron chi connectivity index (χ4n) is 1.45. The normalized spacial score (nSPS) is 10.4. The number of aromatic carboxylic acids is 1. The summed E-state index contributed by atoms with van der Waals surface area (Å²) in [5.74, 6) is 0.612. The molecule has 88 valence electrons. The van der Waals surface area contributed by atoms with Gasteiger partial charge in [0.15, 0.2) is 0 Å². The predicted octanol–water partition coefficient (Wildman–Crippen LogP) is 2.89. The SMILES string of the molecule is CCSc1ccc(-c2ncc(C(=O)O)[nH]2)cc1. The highest BCUT2D eigenvalue weighted by Crippen LogP contribution is 2.22. The molecule has 0 saturated carbocycles. The van der Waals surface area contributed by atoms with Crippen molar-refractivity contribution < 1.29 is 9.90 Å². The lowest BCUT2D eigenvalue weighted by Gasteiger charge is -2.00. The molecule has 4 nitrogen and oxygen atoms in total. The Bertz CT molecular complexity index is 520. The third-order valence-corrected chi connectivity index (χ3v) is 3.14. The van der Waals surface area contributed by atoms with Crippen LogP contribution in [-0.4, -0.2) is 26.8 Å². The number of hydrogen-bond donors (Lipinski definition) is 2. The lowest BCUT2D eigenvalue weighted by molar-refractivity contribution is 0.0691. The van der Waals surface area contributed by atoms with Crippen LogP contribution >= 0.6 is 11.8 Å². The number of aromatic nitrogens is 2. The fourth-order valence-corrected chi connectivity index (χ4v) is 2.11. The van der Waals surface area contributed by atoms with Gasteiger partial charge in [-0.25, -0.2) is 9.78 Å². The summed E-state index contributed by atoms with van der Waals surface area (Å²) in [6.45, 7) is 2.10. The summed E-state index contributed by atoms with van der Waals surface area (Å²) < 4.78 is 0. The molecule has 5 heteroatoms. The Morgan fingerprint density at radius 2 is 2.12 bits per heavy atom. The van der Waals surface area contributed by atoms with Crippen molar-refractivity contribution in [3.63, 3.8) is 0 Å². The van der Waals surface area contributed by atoms with E-state index in [1.54, 1.807) is 11.8 Å². The summed E-state index contributed by atoms with van der Waals surface area (Å²) in [6, 6.07) is 7.88. The predicted molar refractivity (Wildman–Crippen MR) is 67.4 cm³/mol. The van der Waals surface area contributed by atoms with E-state index in [2.05, 4.69) is 16.9 Å². The first kappa shape index (κ1) is 11.7. The topological polar surface area (TPSA) is 66.0 Å². The van der Waals surface area contributed by atoms with Crippen molar-refractivity contribution in [2.75, 3.05) is 5.75 Å². The summed E-state index contributed by atoms with van der Waals surface area (Å²) in [7, 11) is 0. The molecule has 2 N–H and O–H groups in total. The van der Waals surface area contributed by atoms with Gasteiger partial charge in [-0.2, -0.15) is 0 Å². The Labute approximate surface area is 103 Å². The minimum Gasteiger partial charge on any atom is -0.477 e. The van der Waals surface area contributed by atoms with Gasteiger partial charge in [0.1, 0.15) is 11.5 Å². The highest BCUT2D eigenvalue weighted by Gasteiger charge is 2.08. The van der Waals surface area contributed by atoms with Crippen molar-refractivity contribution in [1.82, 2.24) is 9.97 Å². The van der Waals surface area contributed by atoms with E-state index in [-0.39, 0.29) is 5.69 Å². The second-order valence-corrected chi connectivity index (χ2v) is 4.75. The second kappa shape index (κ2) is 5.05. The van der Waals surface area contributed by atoms with Gasteiger partial charge in [-0.15, -0.1) is 11.8 Å². The largest absolute Gasteiger partial charge is 0.477 e. The maximum atomic E-state index is 10.7. The van der Waals surface area contributed by atoms with Gasteiger partial charge in [-0.1, -0.05) is 19.1 Å². The van der Waals surface area contributed by atoms with Crippen LogP contribution in [0.3, 0.4) is 0 Å². The minimum absolute atomic E-state index is 0.104. The second-order valence-electron chi connectivity index (χ2n) is 3.41. The Morgan fingerprint density at radius 3 is 2.65 bits per heavy atom. The molecule has 0 unspecified atom stereocenters. The van der Waals surface area contributed by atoms with E-state index in [0.717, 1.165) is 11.3 Å². The van der Waals surface area contributed by atoms with E-state index < -0.39 is 5.97 Å². The van der Waals surface area contributed by atoms with Crippen molar-refractivity contribution >= 4 is 17.7 Å². The lowest BCUT2D eigenvalue weighted by Crippen LogP contribution is -1.95. The van der Waals surface area contributed by atoms with Crippen molar-refractivity contribution in [2.24, 2.45) is 0 Å². The van der Waals surface area contributed by atoms with Gasteiger partial charge in [0.25, 0.3) is 0 Å². The van der Waals surface area contributed by atoms with Crippen molar-refractivity contribution in [1.29, 1.82) is 0 Å². The summed E-state index contributed by atoms with van der Waals surface area (Å²) in [6.07, 6.45) is 1.33. The number of rotatable bonds is 4. The third kappa shape index (κ3) is 2.68. The van der Waals surface area contributed by atoms with Gasteiger partial charge >= 0.3 is 5.97 Å². The van der Waals surface area contributed by atoms with Crippen LogP contribution < -0.4 is 0 Å². The number of nitrogens with one attached hydrogen (secondary N) is 1. The zero-order chi connectivity index (χ0) is 12.3. The van der Waals surface area contributed by atoms with Gasteiger partial charge in [0, 0.05) is 10.5 Å². The molecule has 0 bridgehead atoms. The Hall–Kier alpha value is -1.75. The van der Waals surface area contributed by atoms with E-state index in [9.17, 15) is 4.79 Å². The maximum absolute atomic E-state index is 10.7. The summed E-state index contributed by atoms with van der Waals surface area (Å²) >= 11 is 1.76. The first-order chi connectivity index (χ1) is 8.20. The smallest absolute Gasteiger partial charge is 0.353 e. The van der Waals surface area contributed by atoms with E-state index in [4.69, 9.17) is 5.11 Å². The van der Waals surface area contributed by atoms with Crippen molar-refractivity contribution in [2.45, 2.75) is 11.8 Å². The number of carboxylic acids is 1. The molecular weight excluding hydrogens is 236 g/mol. The Balaban J connectivity index is 2.23. The molecule has 1 aromatic carbocycles. The molecule has 0 aliphatic carbocycles. The minimum atomic E-state index is -0.998. The van der Waals surface area contributed by atoms with Crippen LogP contribution in [0.25, 0.3) is 11.4 Å². The van der Waals surface area contributed by atoms with Crippen LogP contribution in [0, 0.1) is 0 Å². The highest BCUT2D eigenvalue weighted by molar-refractivity contribution is 7.99. The third-order valence-electron chi connectivity index (χ3n) is 2.24. The van der Waals surface area contributed by atoms with E-state index >= 15 is 0 Å². The number of H-pyrrole nitrogens is 1. The van der Waals surface area contributed by atoms with E-state index in [1.807, 2.05) is 24.3 Å². The average molecular weight is 248 g/mol. The molecule has 0 atom stereocenters. The molecule has 0 radical (unpaired) electrons. The number of imidazole rings is 1. The van der Waals surface area contributed by atoms with Gasteiger partial charge in [-0.05, 0) is 17.9 Å². The van der Waals surface area contributed by atoms with Gasteiger partial charge in [-0.3, -0.25) is 0 Å². The molecule has 2 rings (SSSR count). The quantitative estimate of drug-likeness (QED) is 0.816. The van der Waals surface area contributed by atoms with Crippen LogP contribution in [0.15, 0.2) is 35.4 Å². The van der Waals surface area contributed by atoms with Crippen LogP contribution in [0.1, 0.15) is 17.4 Å². The molecular formula is C12H12N2O2S. The molecule has 1 aromatic heterocycles. The molecule has 0 aliphatic rings. The van der Waals surface area contributed by atoms with Crippen molar-refractivity contribution in [3.05, 3.63) is 36.2 Å². The van der Waals surface area contributed by atoms with Gasteiger partial charge < -0.3 is 10.1 Å². The standard InChI is InChI=1S/C12H12N2O2S/c1-2-17-9-5-3-8(4-6-9)11-13-7-10(14-11)12(15)16/h3-7H,2H2,1H3,(H,13,14)(H,15,16). The van der Waals surface area contributed by atoms with Gasteiger partial charge in [0.05, 0.1) is 6.20 Å². The molecule has 0 amide bonds. The zero-order valence-electron chi connectivity index (χ0n) is 9.30. The number of aromatic amines is 1. The van der Waals surface area contributed by atoms with Crippen LogP contribution in [0.5, 0.6) is 0 Å². The molecule has 0 aliphatic heterocycles. The molecule has 1 heterocycles. The summed E-state index contributed by atoms with van der Waals surface area (Å²) in [4.78, 5) is 18.7. The first-order valence-corrected chi connectivity index (χ1v) is 6.21. The first-order valence-electron chi connectivity index (χ1n) is 5.22. The van der Waals surface area contributed by atoms with Crippen LogP contribution in [0.4, 0.5) is 0 Å². The number of thioether (sulfide) groups is 1. The van der Waals surface area contributed by atoms with Gasteiger partial charge in [0.2, 0.25) is 0 Å². The molecule has 0 fully saturated rings. The van der Waals surface area contributed by atoms with Crippen molar-refractivity contribution in [3.8, 4) is 11.4 Å². The average Bonchev–Trinajstić information content (AvgIpc) is 2.80. The Kier molecular flexibility index (Phi) is 3.49. The number of hydrogen-bond acceptors (Lipinski definition) is 3. The zero-order valence-corrected chi connectivity index (χ0v) is 10.1.